The third kappa shape index (κ3) is 4.54. The average Bonchev–Trinajstić information content (AvgIpc) is 3.14. The number of methoxy groups -OCH3 is 1. The fourth-order valence-corrected chi connectivity index (χ4v) is 2.76. The van der Waals surface area contributed by atoms with Crippen LogP contribution in [0, 0.1) is 13.8 Å². The number of hydrogen-bond donors (Lipinski definition) is 2. The Kier molecular flexibility index (Phi) is 5.88. The number of carbonyl (C=O) groups excluding carboxylic acids is 1. The number of nitrogens with one attached hydrogen (secondary N) is 2. The summed E-state index contributed by atoms with van der Waals surface area (Å²) in [6, 6.07) is 15.3. The van der Waals surface area contributed by atoms with Gasteiger partial charge in [0.1, 0.15) is 11.4 Å². The van der Waals surface area contributed by atoms with E-state index in [1.165, 1.54) is 0 Å². The van der Waals surface area contributed by atoms with Crippen LogP contribution in [0.25, 0.3) is 11.3 Å². The van der Waals surface area contributed by atoms with Crippen LogP contribution in [0.5, 0.6) is 5.75 Å². The number of anilines is 1. The third-order valence-corrected chi connectivity index (χ3v) is 4.41. The first-order chi connectivity index (χ1) is 13.1. The van der Waals surface area contributed by atoms with E-state index in [1.54, 1.807) is 7.11 Å². The molecule has 0 aliphatic carbocycles. The van der Waals surface area contributed by atoms with Gasteiger partial charge >= 0.3 is 0 Å². The maximum atomic E-state index is 12.1. The number of carbonyl (C=O) groups is 1. The van der Waals surface area contributed by atoms with Crippen LogP contribution in [-0.4, -0.2) is 24.7 Å². The highest BCUT2D eigenvalue weighted by atomic mass is 16.5. The molecule has 0 unspecified atom stereocenters. The van der Waals surface area contributed by atoms with Gasteiger partial charge in [-0.1, -0.05) is 29.4 Å². The van der Waals surface area contributed by atoms with Gasteiger partial charge in [0.25, 0.3) is 0 Å². The Labute approximate surface area is 158 Å². The van der Waals surface area contributed by atoms with Crippen molar-refractivity contribution in [3.05, 3.63) is 65.4 Å². The molecule has 1 heterocycles. The van der Waals surface area contributed by atoms with Crippen LogP contribution in [-0.2, 0) is 11.3 Å². The van der Waals surface area contributed by atoms with Gasteiger partial charge in [0.15, 0.2) is 5.76 Å². The number of amides is 1. The van der Waals surface area contributed by atoms with Crippen molar-refractivity contribution in [1.29, 1.82) is 0 Å². The lowest BCUT2D eigenvalue weighted by Gasteiger charge is -2.10. The van der Waals surface area contributed by atoms with Crippen LogP contribution >= 0.6 is 0 Å². The van der Waals surface area contributed by atoms with Crippen LogP contribution in [0.3, 0.4) is 0 Å². The number of aryl methyl sites for hydroxylation is 1. The normalized spacial score (nSPS) is 10.6. The zero-order chi connectivity index (χ0) is 19.2. The summed E-state index contributed by atoms with van der Waals surface area (Å²) in [7, 11) is 1.62. The van der Waals surface area contributed by atoms with E-state index in [2.05, 4.69) is 15.8 Å². The van der Waals surface area contributed by atoms with E-state index >= 15 is 0 Å². The summed E-state index contributed by atoms with van der Waals surface area (Å²) in [4.78, 5) is 12.1. The van der Waals surface area contributed by atoms with E-state index in [1.807, 2.05) is 62.4 Å². The van der Waals surface area contributed by atoms with Gasteiger partial charge in [-0.3, -0.25) is 4.79 Å². The highest BCUT2D eigenvalue weighted by molar-refractivity contribution is 5.93. The monoisotopic (exact) mass is 365 g/mol. The molecule has 6 heteroatoms. The standard InChI is InChI=1S/C21H23N3O3/c1-14-7-6-9-18(15(14)2)23-21(25)13-22-12-16-11-19(24-27-16)17-8-4-5-10-20(17)26-3/h4-11,22H,12-13H2,1-3H3,(H,23,25). The van der Waals surface area contributed by atoms with E-state index in [-0.39, 0.29) is 12.5 Å². The molecule has 0 aliphatic heterocycles. The van der Waals surface area contributed by atoms with Crippen molar-refractivity contribution in [2.45, 2.75) is 20.4 Å². The molecule has 1 amide bonds. The zero-order valence-corrected chi connectivity index (χ0v) is 15.7. The molecular formula is C21H23N3O3. The van der Waals surface area contributed by atoms with Gasteiger partial charge in [-0.15, -0.1) is 0 Å². The molecule has 3 rings (SSSR count). The minimum atomic E-state index is -0.104. The molecule has 1 aromatic heterocycles. The molecule has 3 aromatic rings. The van der Waals surface area contributed by atoms with Gasteiger partial charge in [-0.05, 0) is 43.2 Å². The third-order valence-electron chi connectivity index (χ3n) is 4.41. The first kappa shape index (κ1) is 18.7. The Morgan fingerprint density at radius 1 is 1.15 bits per heavy atom. The fourth-order valence-electron chi connectivity index (χ4n) is 2.76. The first-order valence-electron chi connectivity index (χ1n) is 8.74. The SMILES string of the molecule is COc1ccccc1-c1cc(CNCC(=O)Nc2cccc(C)c2C)on1. The summed E-state index contributed by atoms with van der Waals surface area (Å²) in [6.45, 7) is 4.60. The van der Waals surface area contributed by atoms with Crippen LogP contribution in [0.1, 0.15) is 16.9 Å². The van der Waals surface area contributed by atoms with Crippen LogP contribution < -0.4 is 15.4 Å². The average molecular weight is 365 g/mol. The van der Waals surface area contributed by atoms with E-state index < -0.39 is 0 Å². The molecule has 140 valence electrons. The fraction of sp³-hybridized carbons (Fsp3) is 0.238. The lowest BCUT2D eigenvalue weighted by atomic mass is 10.1. The zero-order valence-electron chi connectivity index (χ0n) is 15.7. The molecule has 0 aliphatic rings. The van der Waals surface area contributed by atoms with Gasteiger partial charge < -0.3 is 19.9 Å². The minimum Gasteiger partial charge on any atom is -0.496 e. The summed E-state index contributed by atoms with van der Waals surface area (Å²) < 4.78 is 10.7. The van der Waals surface area contributed by atoms with Crippen molar-refractivity contribution < 1.29 is 14.1 Å². The molecule has 2 aromatic carbocycles. The van der Waals surface area contributed by atoms with Gasteiger partial charge in [0.05, 0.1) is 20.2 Å². The lowest BCUT2D eigenvalue weighted by Crippen LogP contribution is -2.27. The second-order valence-electron chi connectivity index (χ2n) is 6.28. The summed E-state index contributed by atoms with van der Waals surface area (Å²) in [5.74, 6) is 1.28. The van der Waals surface area contributed by atoms with Crippen LogP contribution in [0.2, 0.25) is 0 Å². The molecule has 27 heavy (non-hydrogen) atoms. The molecule has 0 saturated heterocycles. The van der Waals surface area contributed by atoms with Crippen LogP contribution in [0.4, 0.5) is 5.69 Å². The highest BCUT2D eigenvalue weighted by Crippen LogP contribution is 2.28. The van der Waals surface area contributed by atoms with Crippen molar-refractivity contribution in [3.8, 4) is 17.0 Å². The maximum Gasteiger partial charge on any atom is 0.238 e. The molecule has 2 N–H and O–H groups in total. The number of benzene rings is 2. The molecule has 0 spiro atoms. The quantitative estimate of drug-likeness (QED) is 0.668. The van der Waals surface area contributed by atoms with E-state index in [0.29, 0.717) is 18.0 Å². The number of aromatic nitrogens is 1. The first-order valence-corrected chi connectivity index (χ1v) is 8.74. The molecule has 0 atom stereocenters. The van der Waals surface area contributed by atoms with Gasteiger partial charge in [0, 0.05) is 17.3 Å². The summed E-state index contributed by atoms with van der Waals surface area (Å²) in [5.41, 5.74) is 4.61. The largest absolute Gasteiger partial charge is 0.496 e. The number of para-hydroxylation sites is 1. The van der Waals surface area contributed by atoms with Crippen molar-refractivity contribution in [1.82, 2.24) is 10.5 Å². The van der Waals surface area contributed by atoms with Gasteiger partial charge in [-0.25, -0.2) is 0 Å². The molecule has 0 fully saturated rings. The van der Waals surface area contributed by atoms with E-state index in [4.69, 9.17) is 9.26 Å². The summed E-state index contributed by atoms with van der Waals surface area (Å²) in [6.07, 6.45) is 0. The lowest BCUT2D eigenvalue weighted by molar-refractivity contribution is -0.115. The Balaban J connectivity index is 1.54. The molecule has 0 saturated carbocycles. The summed E-state index contributed by atoms with van der Waals surface area (Å²) >= 11 is 0. The predicted octanol–water partition coefficient (Wildman–Crippen LogP) is 3.70. The Morgan fingerprint density at radius 2 is 1.96 bits per heavy atom. The molecule has 6 nitrogen and oxygen atoms in total. The van der Waals surface area contributed by atoms with Crippen molar-refractivity contribution in [3.63, 3.8) is 0 Å². The molecule has 0 bridgehead atoms. The Morgan fingerprint density at radius 3 is 2.78 bits per heavy atom. The predicted molar refractivity (Wildman–Crippen MR) is 105 cm³/mol. The van der Waals surface area contributed by atoms with Crippen molar-refractivity contribution in [2.75, 3.05) is 19.0 Å². The van der Waals surface area contributed by atoms with Crippen molar-refractivity contribution >= 4 is 11.6 Å². The Hall–Kier alpha value is -3.12. The number of rotatable bonds is 7. The summed E-state index contributed by atoms with van der Waals surface area (Å²) in [5, 5.41) is 10.1. The van der Waals surface area contributed by atoms with E-state index in [0.717, 1.165) is 28.1 Å². The smallest absolute Gasteiger partial charge is 0.238 e. The second kappa shape index (κ2) is 8.51. The van der Waals surface area contributed by atoms with Gasteiger partial charge in [-0.2, -0.15) is 0 Å². The molecular weight excluding hydrogens is 342 g/mol. The molecule has 0 radical (unpaired) electrons. The second-order valence-corrected chi connectivity index (χ2v) is 6.28. The highest BCUT2D eigenvalue weighted by Gasteiger charge is 2.11. The number of hydrogen-bond acceptors (Lipinski definition) is 5. The van der Waals surface area contributed by atoms with E-state index in [9.17, 15) is 4.79 Å². The Bertz CT molecular complexity index is 934. The number of ether oxygens (including phenoxy) is 1. The van der Waals surface area contributed by atoms with Gasteiger partial charge in [0.2, 0.25) is 5.91 Å². The minimum absolute atomic E-state index is 0.104. The maximum absolute atomic E-state index is 12.1. The van der Waals surface area contributed by atoms with Crippen LogP contribution in [0.15, 0.2) is 53.1 Å². The van der Waals surface area contributed by atoms with Crippen molar-refractivity contribution in [2.24, 2.45) is 0 Å². The number of nitrogens with zero attached hydrogens (tertiary/aromatic N) is 1. The topological polar surface area (TPSA) is 76.4 Å².